The van der Waals surface area contributed by atoms with Crippen LogP contribution in [0, 0.1) is 5.92 Å². The third-order valence-corrected chi connectivity index (χ3v) is 3.21. The van der Waals surface area contributed by atoms with E-state index in [4.69, 9.17) is 17.3 Å². The Morgan fingerprint density at radius 3 is 2.53 bits per heavy atom. The molecule has 0 saturated carbocycles. The fourth-order valence-corrected chi connectivity index (χ4v) is 2.13. The van der Waals surface area contributed by atoms with Gasteiger partial charge in [-0.3, -0.25) is 4.79 Å². The van der Waals surface area contributed by atoms with Crippen LogP contribution in [0.1, 0.15) is 26.7 Å². The summed E-state index contributed by atoms with van der Waals surface area (Å²) in [5, 5.41) is 3.80. The summed E-state index contributed by atoms with van der Waals surface area (Å²) in [5.41, 5.74) is 6.27. The van der Waals surface area contributed by atoms with Gasteiger partial charge in [-0.25, -0.2) is 0 Å². The molecule has 0 aromatic heterocycles. The Morgan fingerprint density at radius 2 is 2.06 bits per heavy atom. The van der Waals surface area contributed by atoms with Crippen molar-refractivity contribution in [3.05, 3.63) is 29.3 Å². The number of rotatable bonds is 6. The Morgan fingerprint density at radius 1 is 1.41 bits per heavy atom. The van der Waals surface area contributed by atoms with Crippen LogP contribution in [0.4, 0.5) is 5.69 Å². The summed E-state index contributed by atoms with van der Waals surface area (Å²) in [4.78, 5) is 11.5. The average Bonchev–Trinajstić information content (AvgIpc) is 2.29. The number of anilines is 1. The predicted octanol–water partition coefficient (Wildman–Crippen LogP) is 3.04. The van der Waals surface area contributed by atoms with E-state index in [-0.39, 0.29) is 17.9 Å². The standard InChI is InChI=1S/C13H19ClN2O/c1-3-9(4-2)12(13(15)17)16-11-7-5-6-10(14)8-11/h5-9,12,16H,3-4H2,1-2H3,(H2,15,17). The first-order valence-corrected chi connectivity index (χ1v) is 6.27. The van der Waals surface area contributed by atoms with Gasteiger partial charge >= 0.3 is 0 Å². The van der Waals surface area contributed by atoms with Gasteiger partial charge in [0.15, 0.2) is 0 Å². The lowest BCUT2D eigenvalue weighted by molar-refractivity contribution is -0.119. The lowest BCUT2D eigenvalue weighted by Crippen LogP contribution is -2.41. The van der Waals surface area contributed by atoms with Crippen LogP contribution in [0.15, 0.2) is 24.3 Å². The Labute approximate surface area is 107 Å². The van der Waals surface area contributed by atoms with Gasteiger partial charge in [0.1, 0.15) is 6.04 Å². The number of primary amides is 1. The highest BCUT2D eigenvalue weighted by Crippen LogP contribution is 2.20. The maximum Gasteiger partial charge on any atom is 0.240 e. The molecule has 0 aliphatic heterocycles. The highest BCUT2D eigenvalue weighted by Gasteiger charge is 2.23. The van der Waals surface area contributed by atoms with Crippen LogP contribution in [-0.4, -0.2) is 11.9 Å². The second kappa shape index (κ2) is 6.50. The number of nitrogens with two attached hydrogens (primary N) is 1. The SMILES string of the molecule is CCC(CC)C(Nc1cccc(Cl)c1)C(N)=O. The fraction of sp³-hybridized carbons (Fsp3) is 0.462. The number of nitrogens with one attached hydrogen (secondary N) is 1. The van der Waals surface area contributed by atoms with Crippen molar-refractivity contribution in [2.24, 2.45) is 11.7 Å². The van der Waals surface area contributed by atoms with Crippen molar-refractivity contribution in [1.82, 2.24) is 0 Å². The maximum absolute atomic E-state index is 11.5. The summed E-state index contributed by atoms with van der Waals surface area (Å²) in [5.74, 6) is -0.0786. The highest BCUT2D eigenvalue weighted by molar-refractivity contribution is 6.30. The molecule has 3 N–H and O–H groups in total. The molecule has 3 nitrogen and oxygen atoms in total. The molecule has 1 aromatic carbocycles. The molecular formula is C13H19ClN2O. The third kappa shape index (κ3) is 3.93. The zero-order valence-electron chi connectivity index (χ0n) is 10.2. The van der Waals surface area contributed by atoms with Crippen molar-refractivity contribution < 1.29 is 4.79 Å². The summed E-state index contributed by atoms with van der Waals surface area (Å²) in [6.45, 7) is 4.12. The van der Waals surface area contributed by atoms with Gasteiger partial charge in [-0.1, -0.05) is 44.4 Å². The van der Waals surface area contributed by atoms with Crippen molar-refractivity contribution in [2.75, 3.05) is 5.32 Å². The summed E-state index contributed by atoms with van der Waals surface area (Å²) in [7, 11) is 0. The van der Waals surface area contributed by atoms with Crippen molar-refractivity contribution >= 4 is 23.2 Å². The fourth-order valence-electron chi connectivity index (χ4n) is 1.94. The van der Waals surface area contributed by atoms with E-state index in [2.05, 4.69) is 19.2 Å². The average molecular weight is 255 g/mol. The summed E-state index contributed by atoms with van der Waals surface area (Å²) in [6.07, 6.45) is 1.83. The van der Waals surface area contributed by atoms with Crippen molar-refractivity contribution in [3.63, 3.8) is 0 Å². The number of hydrogen-bond donors (Lipinski definition) is 2. The first-order chi connectivity index (χ1) is 8.08. The van der Waals surface area contributed by atoms with Crippen LogP contribution in [-0.2, 0) is 4.79 Å². The Kier molecular flexibility index (Phi) is 5.29. The molecule has 0 fully saturated rings. The smallest absolute Gasteiger partial charge is 0.240 e. The molecule has 1 aromatic rings. The predicted molar refractivity (Wildman–Crippen MR) is 72.1 cm³/mol. The van der Waals surface area contributed by atoms with E-state index in [0.29, 0.717) is 5.02 Å². The Balaban J connectivity index is 2.83. The number of carbonyl (C=O) groups excluding carboxylic acids is 1. The molecule has 1 amide bonds. The zero-order chi connectivity index (χ0) is 12.8. The van der Waals surface area contributed by atoms with E-state index in [0.717, 1.165) is 18.5 Å². The molecule has 94 valence electrons. The van der Waals surface area contributed by atoms with Gasteiger partial charge in [-0.05, 0) is 24.1 Å². The molecule has 1 rings (SSSR count). The molecule has 0 saturated heterocycles. The quantitative estimate of drug-likeness (QED) is 0.820. The number of benzene rings is 1. The molecule has 4 heteroatoms. The second-order valence-corrected chi connectivity index (χ2v) is 4.55. The van der Waals surface area contributed by atoms with Gasteiger partial charge in [-0.2, -0.15) is 0 Å². The molecule has 0 aliphatic rings. The van der Waals surface area contributed by atoms with E-state index in [1.807, 2.05) is 12.1 Å². The number of hydrogen-bond acceptors (Lipinski definition) is 2. The van der Waals surface area contributed by atoms with Gasteiger partial charge in [0, 0.05) is 10.7 Å². The van der Waals surface area contributed by atoms with E-state index in [9.17, 15) is 4.79 Å². The first-order valence-electron chi connectivity index (χ1n) is 5.89. The zero-order valence-corrected chi connectivity index (χ0v) is 11.0. The molecule has 1 unspecified atom stereocenters. The second-order valence-electron chi connectivity index (χ2n) is 4.11. The molecule has 0 bridgehead atoms. The molecule has 0 aliphatic carbocycles. The van der Waals surface area contributed by atoms with Gasteiger partial charge < -0.3 is 11.1 Å². The van der Waals surface area contributed by atoms with Gasteiger partial charge in [0.05, 0.1) is 0 Å². The minimum Gasteiger partial charge on any atom is -0.373 e. The van der Waals surface area contributed by atoms with Crippen LogP contribution in [0.5, 0.6) is 0 Å². The van der Waals surface area contributed by atoms with Crippen LogP contribution >= 0.6 is 11.6 Å². The normalized spacial score (nSPS) is 12.5. The lowest BCUT2D eigenvalue weighted by atomic mass is 9.93. The monoisotopic (exact) mass is 254 g/mol. The highest BCUT2D eigenvalue weighted by atomic mass is 35.5. The number of carbonyl (C=O) groups is 1. The maximum atomic E-state index is 11.5. The first kappa shape index (κ1) is 13.8. The van der Waals surface area contributed by atoms with Crippen molar-refractivity contribution in [2.45, 2.75) is 32.7 Å². The van der Waals surface area contributed by atoms with Gasteiger partial charge in [0.25, 0.3) is 0 Å². The summed E-state index contributed by atoms with van der Waals surface area (Å²) in [6, 6.07) is 6.96. The molecular weight excluding hydrogens is 236 g/mol. The van der Waals surface area contributed by atoms with Crippen molar-refractivity contribution in [1.29, 1.82) is 0 Å². The van der Waals surface area contributed by atoms with Crippen LogP contribution in [0.25, 0.3) is 0 Å². The molecule has 0 radical (unpaired) electrons. The molecule has 17 heavy (non-hydrogen) atoms. The molecule has 1 atom stereocenters. The van der Waals surface area contributed by atoms with E-state index in [1.54, 1.807) is 12.1 Å². The topological polar surface area (TPSA) is 55.1 Å². The Bertz CT molecular complexity index is 377. The minimum atomic E-state index is -0.344. The van der Waals surface area contributed by atoms with Crippen LogP contribution in [0.3, 0.4) is 0 Å². The largest absolute Gasteiger partial charge is 0.373 e. The van der Waals surface area contributed by atoms with E-state index in [1.165, 1.54) is 0 Å². The van der Waals surface area contributed by atoms with Crippen LogP contribution in [0.2, 0.25) is 5.02 Å². The van der Waals surface area contributed by atoms with Crippen LogP contribution < -0.4 is 11.1 Å². The van der Waals surface area contributed by atoms with Gasteiger partial charge in [0.2, 0.25) is 5.91 Å². The molecule has 0 heterocycles. The summed E-state index contributed by atoms with van der Waals surface area (Å²) >= 11 is 5.90. The van der Waals surface area contributed by atoms with E-state index < -0.39 is 0 Å². The summed E-state index contributed by atoms with van der Waals surface area (Å²) < 4.78 is 0. The number of amides is 1. The van der Waals surface area contributed by atoms with Gasteiger partial charge in [-0.15, -0.1) is 0 Å². The third-order valence-electron chi connectivity index (χ3n) is 2.97. The number of halogens is 1. The van der Waals surface area contributed by atoms with Crippen molar-refractivity contribution in [3.8, 4) is 0 Å². The molecule has 0 spiro atoms. The van der Waals surface area contributed by atoms with E-state index >= 15 is 0 Å². The minimum absolute atomic E-state index is 0.242. The Hall–Kier alpha value is -1.22. The lowest BCUT2D eigenvalue weighted by Gasteiger charge is -2.24.